The van der Waals surface area contributed by atoms with Crippen LogP contribution in [0.3, 0.4) is 0 Å². The van der Waals surface area contributed by atoms with Crippen molar-refractivity contribution in [2.24, 2.45) is 0 Å². The number of amides is 1. The first kappa shape index (κ1) is 14.7. The molecule has 20 heavy (non-hydrogen) atoms. The van der Waals surface area contributed by atoms with Crippen LogP contribution in [-0.4, -0.2) is 16.8 Å². The van der Waals surface area contributed by atoms with E-state index in [-0.39, 0.29) is 5.91 Å². The number of hydrogen-bond donors (Lipinski definition) is 1. The fourth-order valence-electron chi connectivity index (χ4n) is 1.80. The highest BCUT2D eigenvalue weighted by Gasteiger charge is 2.09. The Hall–Kier alpha value is -1.75. The quantitative estimate of drug-likeness (QED) is 0.889. The number of aryl methyl sites for hydroxylation is 2. The highest BCUT2D eigenvalue weighted by atomic mass is 32.2. The molecule has 1 aromatic carbocycles. The van der Waals surface area contributed by atoms with E-state index >= 15 is 0 Å². The number of carbonyl (C=O) groups excluding carboxylic acids is 1. The van der Waals surface area contributed by atoms with E-state index in [2.05, 4.69) is 10.5 Å². The molecule has 0 saturated carbocycles. The Morgan fingerprint density at radius 2 is 2.05 bits per heavy atom. The van der Waals surface area contributed by atoms with Gasteiger partial charge in [-0.25, -0.2) is 0 Å². The van der Waals surface area contributed by atoms with Gasteiger partial charge in [0.15, 0.2) is 0 Å². The summed E-state index contributed by atoms with van der Waals surface area (Å²) in [5.41, 5.74) is 3.10. The standard InChI is InChI=1S/C15H18N2O2S/c1-11-14(12(2)19-17-11)9-20-10-15(18)16-8-13-6-4-3-5-7-13/h3-7H,8-10H2,1-2H3,(H,16,18). The Labute approximate surface area is 122 Å². The van der Waals surface area contributed by atoms with E-state index in [0.29, 0.717) is 12.3 Å². The first-order chi connectivity index (χ1) is 9.66. The van der Waals surface area contributed by atoms with Crippen molar-refractivity contribution in [3.63, 3.8) is 0 Å². The van der Waals surface area contributed by atoms with E-state index in [1.54, 1.807) is 11.8 Å². The Kier molecular flexibility index (Phi) is 5.24. The van der Waals surface area contributed by atoms with Crippen molar-refractivity contribution in [2.45, 2.75) is 26.1 Å². The Bertz CT molecular complexity index is 547. The first-order valence-electron chi connectivity index (χ1n) is 6.47. The molecule has 0 aliphatic carbocycles. The van der Waals surface area contributed by atoms with Gasteiger partial charge in [-0.1, -0.05) is 35.5 Å². The monoisotopic (exact) mass is 290 g/mol. The van der Waals surface area contributed by atoms with Crippen LogP contribution < -0.4 is 5.32 Å². The molecule has 4 nitrogen and oxygen atoms in total. The van der Waals surface area contributed by atoms with E-state index in [9.17, 15) is 4.79 Å². The second-order valence-corrected chi connectivity index (χ2v) is 5.54. The van der Waals surface area contributed by atoms with E-state index in [1.807, 2.05) is 44.2 Å². The Morgan fingerprint density at radius 3 is 2.70 bits per heavy atom. The third-order valence-electron chi connectivity index (χ3n) is 2.99. The van der Waals surface area contributed by atoms with Gasteiger partial charge in [0.25, 0.3) is 0 Å². The van der Waals surface area contributed by atoms with Gasteiger partial charge in [0, 0.05) is 17.9 Å². The zero-order valence-electron chi connectivity index (χ0n) is 11.7. The van der Waals surface area contributed by atoms with Gasteiger partial charge in [0.1, 0.15) is 5.76 Å². The van der Waals surface area contributed by atoms with Crippen molar-refractivity contribution in [1.82, 2.24) is 10.5 Å². The average Bonchev–Trinajstić information content (AvgIpc) is 2.78. The van der Waals surface area contributed by atoms with Crippen molar-refractivity contribution in [2.75, 3.05) is 5.75 Å². The van der Waals surface area contributed by atoms with Crippen LogP contribution in [0.15, 0.2) is 34.9 Å². The number of carbonyl (C=O) groups is 1. The topological polar surface area (TPSA) is 55.1 Å². The van der Waals surface area contributed by atoms with Crippen LogP contribution in [-0.2, 0) is 17.1 Å². The van der Waals surface area contributed by atoms with Crippen LogP contribution in [0.4, 0.5) is 0 Å². The number of aromatic nitrogens is 1. The van der Waals surface area contributed by atoms with Gasteiger partial charge in [-0.3, -0.25) is 4.79 Å². The highest BCUT2D eigenvalue weighted by Crippen LogP contribution is 2.19. The van der Waals surface area contributed by atoms with Gasteiger partial charge in [-0.2, -0.15) is 0 Å². The van der Waals surface area contributed by atoms with Gasteiger partial charge >= 0.3 is 0 Å². The summed E-state index contributed by atoms with van der Waals surface area (Å²) in [5.74, 6) is 2.07. The van der Waals surface area contributed by atoms with E-state index in [1.165, 1.54) is 0 Å². The average molecular weight is 290 g/mol. The molecule has 1 heterocycles. The number of benzene rings is 1. The molecule has 0 saturated heterocycles. The molecule has 1 aromatic heterocycles. The van der Waals surface area contributed by atoms with Gasteiger partial charge < -0.3 is 9.84 Å². The number of nitrogens with zero attached hydrogens (tertiary/aromatic N) is 1. The van der Waals surface area contributed by atoms with Crippen molar-refractivity contribution < 1.29 is 9.32 Å². The predicted octanol–water partition coefficient (Wildman–Crippen LogP) is 2.84. The molecular weight excluding hydrogens is 272 g/mol. The minimum absolute atomic E-state index is 0.0469. The fraction of sp³-hybridized carbons (Fsp3) is 0.333. The lowest BCUT2D eigenvalue weighted by atomic mass is 10.2. The van der Waals surface area contributed by atoms with E-state index in [0.717, 1.165) is 28.3 Å². The zero-order valence-corrected chi connectivity index (χ0v) is 12.5. The minimum Gasteiger partial charge on any atom is -0.361 e. The van der Waals surface area contributed by atoms with Crippen LogP contribution in [0.25, 0.3) is 0 Å². The molecular formula is C15H18N2O2S. The summed E-state index contributed by atoms with van der Waals surface area (Å²) in [6, 6.07) is 9.89. The third-order valence-corrected chi connectivity index (χ3v) is 3.95. The van der Waals surface area contributed by atoms with Crippen LogP contribution in [0, 0.1) is 13.8 Å². The van der Waals surface area contributed by atoms with Crippen LogP contribution in [0.1, 0.15) is 22.6 Å². The molecule has 0 aliphatic rings. The summed E-state index contributed by atoms with van der Waals surface area (Å²) >= 11 is 1.57. The van der Waals surface area contributed by atoms with Gasteiger partial charge in [-0.15, -0.1) is 11.8 Å². The largest absolute Gasteiger partial charge is 0.361 e. The lowest BCUT2D eigenvalue weighted by molar-refractivity contribution is -0.118. The lowest BCUT2D eigenvalue weighted by Crippen LogP contribution is -2.24. The highest BCUT2D eigenvalue weighted by molar-refractivity contribution is 7.99. The predicted molar refractivity (Wildman–Crippen MR) is 80.4 cm³/mol. The first-order valence-corrected chi connectivity index (χ1v) is 7.62. The van der Waals surface area contributed by atoms with Crippen LogP contribution in [0.5, 0.6) is 0 Å². The second-order valence-electron chi connectivity index (χ2n) is 4.56. The fourth-order valence-corrected chi connectivity index (χ4v) is 2.81. The second kappa shape index (κ2) is 7.14. The normalized spacial score (nSPS) is 10.5. The summed E-state index contributed by atoms with van der Waals surface area (Å²) in [6.45, 7) is 4.39. The molecule has 106 valence electrons. The van der Waals surface area contributed by atoms with Gasteiger partial charge in [0.2, 0.25) is 5.91 Å². The number of nitrogens with one attached hydrogen (secondary N) is 1. The summed E-state index contributed by atoms with van der Waals surface area (Å²) in [4.78, 5) is 11.7. The lowest BCUT2D eigenvalue weighted by Gasteiger charge is -2.05. The molecule has 2 rings (SSSR count). The molecule has 1 N–H and O–H groups in total. The van der Waals surface area contributed by atoms with Crippen molar-refractivity contribution in [1.29, 1.82) is 0 Å². The maximum atomic E-state index is 11.7. The molecule has 1 amide bonds. The van der Waals surface area contributed by atoms with E-state index < -0.39 is 0 Å². The van der Waals surface area contributed by atoms with Gasteiger partial charge in [-0.05, 0) is 19.4 Å². The van der Waals surface area contributed by atoms with Crippen molar-refractivity contribution >= 4 is 17.7 Å². The van der Waals surface area contributed by atoms with Crippen LogP contribution >= 0.6 is 11.8 Å². The molecule has 0 atom stereocenters. The third kappa shape index (κ3) is 4.13. The Morgan fingerprint density at radius 1 is 1.30 bits per heavy atom. The van der Waals surface area contributed by atoms with Crippen molar-refractivity contribution in [3.8, 4) is 0 Å². The summed E-state index contributed by atoms with van der Waals surface area (Å²) in [7, 11) is 0. The molecule has 0 bridgehead atoms. The molecule has 0 aliphatic heterocycles. The number of rotatable bonds is 6. The maximum absolute atomic E-state index is 11.7. The molecule has 0 unspecified atom stereocenters. The molecule has 0 radical (unpaired) electrons. The summed E-state index contributed by atoms with van der Waals surface area (Å²) < 4.78 is 5.09. The van der Waals surface area contributed by atoms with Crippen molar-refractivity contribution in [3.05, 3.63) is 52.9 Å². The molecule has 0 spiro atoms. The maximum Gasteiger partial charge on any atom is 0.230 e. The number of hydrogen-bond acceptors (Lipinski definition) is 4. The molecule has 5 heteroatoms. The molecule has 0 fully saturated rings. The summed E-state index contributed by atoms with van der Waals surface area (Å²) in [5, 5.41) is 6.81. The van der Waals surface area contributed by atoms with Crippen LogP contribution in [0.2, 0.25) is 0 Å². The zero-order chi connectivity index (χ0) is 14.4. The minimum atomic E-state index is 0.0469. The smallest absolute Gasteiger partial charge is 0.230 e. The Balaban J connectivity index is 1.71. The SMILES string of the molecule is Cc1noc(C)c1CSCC(=O)NCc1ccccc1. The number of thioether (sulfide) groups is 1. The molecule has 2 aromatic rings. The summed E-state index contributed by atoms with van der Waals surface area (Å²) in [6.07, 6.45) is 0. The van der Waals surface area contributed by atoms with Gasteiger partial charge in [0.05, 0.1) is 11.4 Å². The van der Waals surface area contributed by atoms with E-state index in [4.69, 9.17) is 4.52 Å².